The van der Waals surface area contributed by atoms with Crippen molar-refractivity contribution in [1.82, 2.24) is 4.98 Å². The Hall–Kier alpha value is -1.75. The molecule has 0 bridgehead atoms. The Morgan fingerprint density at radius 2 is 1.88 bits per heavy atom. The highest BCUT2D eigenvalue weighted by molar-refractivity contribution is 7.86. The van der Waals surface area contributed by atoms with Gasteiger partial charge in [0.1, 0.15) is 5.75 Å². The van der Waals surface area contributed by atoms with Gasteiger partial charge in [-0.15, -0.1) is 0 Å². The lowest BCUT2D eigenvalue weighted by molar-refractivity contribution is 0.483. The predicted molar refractivity (Wildman–Crippen MR) is 65.2 cm³/mol. The largest absolute Gasteiger partial charge is 0.380 e. The van der Waals surface area contributed by atoms with Gasteiger partial charge in [-0.25, -0.2) is 0 Å². The minimum Gasteiger partial charge on any atom is -0.380 e. The highest BCUT2D eigenvalue weighted by atomic mass is 32.2. The van der Waals surface area contributed by atoms with Gasteiger partial charge in [-0.2, -0.15) is 8.42 Å². The molecule has 0 aliphatic heterocycles. The molecule has 1 heterocycles. The van der Waals surface area contributed by atoms with Gasteiger partial charge in [0.05, 0.1) is 5.69 Å². The van der Waals surface area contributed by atoms with Crippen LogP contribution in [0.4, 0.5) is 0 Å². The van der Waals surface area contributed by atoms with Gasteiger partial charge in [-0.05, 0) is 18.6 Å². The average Bonchev–Trinajstić information content (AvgIpc) is 2.64. The number of rotatable bonds is 4. The molecular formula is C12H13NO3S. The van der Waals surface area contributed by atoms with Gasteiger partial charge in [0, 0.05) is 6.20 Å². The first kappa shape index (κ1) is 11.7. The highest BCUT2D eigenvalue weighted by Gasteiger charge is 2.15. The summed E-state index contributed by atoms with van der Waals surface area (Å²) in [7, 11) is -3.60. The number of H-pyrrole nitrogens is 1. The monoisotopic (exact) mass is 251 g/mol. The first-order valence-corrected chi connectivity index (χ1v) is 6.75. The van der Waals surface area contributed by atoms with Gasteiger partial charge in [0.2, 0.25) is 0 Å². The Bertz CT molecular complexity index is 587. The van der Waals surface area contributed by atoms with Crippen LogP contribution in [0.5, 0.6) is 5.75 Å². The number of hydrogen-bond donors (Lipinski definition) is 1. The number of hydrogen-bond acceptors (Lipinski definition) is 3. The summed E-state index contributed by atoms with van der Waals surface area (Å²) in [5, 5.41) is 0. The zero-order chi connectivity index (χ0) is 12.3. The molecule has 0 radical (unpaired) electrons. The Balaban J connectivity index is 2.13. The van der Waals surface area contributed by atoms with Crippen molar-refractivity contribution in [3.05, 3.63) is 53.9 Å². The van der Waals surface area contributed by atoms with Crippen LogP contribution >= 0.6 is 0 Å². The van der Waals surface area contributed by atoms with E-state index in [4.69, 9.17) is 4.18 Å². The van der Waals surface area contributed by atoms with E-state index in [2.05, 4.69) is 4.98 Å². The van der Waals surface area contributed by atoms with Crippen molar-refractivity contribution in [2.75, 3.05) is 0 Å². The van der Waals surface area contributed by atoms with Crippen LogP contribution in [-0.2, 0) is 15.9 Å². The van der Waals surface area contributed by atoms with Crippen molar-refractivity contribution in [1.29, 1.82) is 0 Å². The topological polar surface area (TPSA) is 59.2 Å². The van der Waals surface area contributed by atoms with E-state index in [9.17, 15) is 8.42 Å². The SMILES string of the molecule is Cc1[nH]ccc1OS(=O)(=O)Cc1ccccc1. The second-order valence-corrected chi connectivity index (χ2v) is 5.31. The molecule has 0 fully saturated rings. The third-order valence-corrected chi connectivity index (χ3v) is 3.43. The van der Waals surface area contributed by atoms with Gasteiger partial charge >= 0.3 is 10.1 Å². The minimum absolute atomic E-state index is 0.127. The number of nitrogens with one attached hydrogen (secondary N) is 1. The van der Waals surface area contributed by atoms with Crippen molar-refractivity contribution in [3.8, 4) is 5.75 Å². The Labute approximate surface area is 100 Å². The fourth-order valence-corrected chi connectivity index (χ4v) is 2.59. The third kappa shape index (κ3) is 3.10. The first-order valence-electron chi connectivity index (χ1n) is 5.17. The molecule has 0 saturated heterocycles. The smallest absolute Gasteiger partial charge is 0.313 e. The lowest BCUT2D eigenvalue weighted by Gasteiger charge is -2.06. The van der Waals surface area contributed by atoms with E-state index in [1.54, 1.807) is 43.5 Å². The molecule has 0 atom stereocenters. The van der Waals surface area contributed by atoms with E-state index in [1.165, 1.54) is 0 Å². The molecule has 5 heteroatoms. The molecule has 1 N–H and O–H groups in total. The third-order valence-electron chi connectivity index (χ3n) is 2.31. The molecule has 0 saturated carbocycles. The van der Waals surface area contributed by atoms with Crippen molar-refractivity contribution in [2.45, 2.75) is 12.7 Å². The van der Waals surface area contributed by atoms with Crippen LogP contribution in [0.1, 0.15) is 11.3 Å². The van der Waals surface area contributed by atoms with Crippen LogP contribution < -0.4 is 4.18 Å². The number of aryl methyl sites for hydroxylation is 1. The van der Waals surface area contributed by atoms with E-state index in [1.807, 2.05) is 6.07 Å². The minimum atomic E-state index is -3.60. The van der Waals surface area contributed by atoms with Gasteiger partial charge < -0.3 is 9.17 Å². The molecule has 90 valence electrons. The standard InChI is InChI=1S/C12H13NO3S/c1-10-12(7-8-13-10)16-17(14,15)9-11-5-3-2-4-6-11/h2-8,13H,9H2,1H3. The van der Waals surface area contributed by atoms with E-state index in [-0.39, 0.29) is 5.75 Å². The average molecular weight is 251 g/mol. The summed E-state index contributed by atoms with van der Waals surface area (Å²) in [6, 6.07) is 10.5. The van der Waals surface area contributed by atoms with E-state index in [0.29, 0.717) is 17.0 Å². The van der Waals surface area contributed by atoms with Gasteiger partial charge in [0.25, 0.3) is 0 Å². The summed E-state index contributed by atoms with van der Waals surface area (Å²) in [6.07, 6.45) is 1.64. The van der Waals surface area contributed by atoms with Crippen molar-refractivity contribution in [3.63, 3.8) is 0 Å². The number of benzene rings is 1. The van der Waals surface area contributed by atoms with Crippen LogP contribution in [0.2, 0.25) is 0 Å². The fraction of sp³-hybridized carbons (Fsp3) is 0.167. The quantitative estimate of drug-likeness (QED) is 0.848. The summed E-state index contributed by atoms with van der Waals surface area (Å²) >= 11 is 0. The predicted octanol–water partition coefficient (Wildman–Crippen LogP) is 2.23. The summed E-state index contributed by atoms with van der Waals surface area (Å²) in [6.45, 7) is 1.76. The Kier molecular flexibility index (Phi) is 3.19. The van der Waals surface area contributed by atoms with Gasteiger partial charge in [0.15, 0.2) is 5.75 Å². The van der Waals surface area contributed by atoms with E-state index >= 15 is 0 Å². The van der Waals surface area contributed by atoms with Crippen molar-refractivity contribution >= 4 is 10.1 Å². The number of aromatic amines is 1. The molecular weight excluding hydrogens is 238 g/mol. The van der Waals surface area contributed by atoms with E-state index < -0.39 is 10.1 Å². The first-order chi connectivity index (χ1) is 8.07. The summed E-state index contributed by atoms with van der Waals surface area (Å²) < 4.78 is 28.6. The molecule has 2 aromatic rings. The maximum Gasteiger partial charge on any atom is 0.313 e. The zero-order valence-electron chi connectivity index (χ0n) is 9.38. The molecule has 2 rings (SSSR count). The van der Waals surface area contributed by atoms with Gasteiger partial charge in [-0.3, -0.25) is 0 Å². The lowest BCUT2D eigenvalue weighted by atomic mass is 10.2. The molecule has 0 aliphatic carbocycles. The van der Waals surface area contributed by atoms with Crippen LogP contribution in [-0.4, -0.2) is 13.4 Å². The molecule has 0 aliphatic rings. The maximum atomic E-state index is 11.8. The second kappa shape index (κ2) is 4.63. The molecule has 0 spiro atoms. The summed E-state index contributed by atoms with van der Waals surface area (Å²) in [4.78, 5) is 2.87. The van der Waals surface area contributed by atoms with Crippen LogP contribution in [0, 0.1) is 6.92 Å². The Morgan fingerprint density at radius 3 is 2.47 bits per heavy atom. The molecule has 0 amide bonds. The number of aromatic nitrogens is 1. The van der Waals surface area contributed by atoms with Gasteiger partial charge in [-0.1, -0.05) is 30.3 Å². The van der Waals surface area contributed by atoms with Crippen LogP contribution in [0.25, 0.3) is 0 Å². The lowest BCUT2D eigenvalue weighted by Crippen LogP contribution is -2.12. The maximum absolute atomic E-state index is 11.8. The van der Waals surface area contributed by atoms with Crippen LogP contribution in [0.3, 0.4) is 0 Å². The molecule has 0 unspecified atom stereocenters. The van der Waals surface area contributed by atoms with E-state index in [0.717, 1.165) is 0 Å². The summed E-state index contributed by atoms with van der Waals surface area (Å²) in [5.41, 5.74) is 1.40. The van der Waals surface area contributed by atoms with Crippen LogP contribution in [0.15, 0.2) is 42.6 Å². The van der Waals surface area contributed by atoms with Crippen molar-refractivity contribution in [2.24, 2.45) is 0 Å². The second-order valence-electron chi connectivity index (χ2n) is 3.74. The summed E-state index contributed by atoms with van der Waals surface area (Å²) in [5.74, 6) is 0.222. The molecule has 1 aromatic heterocycles. The zero-order valence-corrected chi connectivity index (χ0v) is 10.2. The molecule has 4 nitrogen and oxygen atoms in total. The molecule has 1 aromatic carbocycles. The van der Waals surface area contributed by atoms with Crippen molar-refractivity contribution < 1.29 is 12.6 Å². The highest BCUT2D eigenvalue weighted by Crippen LogP contribution is 2.19. The fourth-order valence-electron chi connectivity index (χ4n) is 1.47. The normalized spacial score (nSPS) is 11.4. The Morgan fingerprint density at radius 1 is 1.18 bits per heavy atom. The molecule has 17 heavy (non-hydrogen) atoms.